The van der Waals surface area contributed by atoms with Crippen LogP contribution in [0.15, 0.2) is 48.5 Å². The van der Waals surface area contributed by atoms with Gasteiger partial charge < -0.3 is 10.4 Å². The molecule has 1 unspecified atom stereocenters. The van der Waals surface area contributed by atoms with Crippen LogP contribution in [0.3, 0.4) is 0 Å². The van der Waals surface area contributed by atoms with E-state index in [0.29, 0.717) is 10.6 Å². The summed E-state index contributed by atoms with van der Waals surface area (Å²) >= 11 is 5.96. The quantitative estimate of drug-likeness (QED) is 0.654. The maximum atomic E-state index is 11.9. The van der Waals surface area contributed by atoms with Crippen LogP contribution in [0.5, 0.6) is 0 Å². The Morgan fingerprint density at radius 1 is 1.23 bits per heavy atom. The molecule has 0 aliphatic heterocycles. The van der Waals surface area contributed by atoms with Crippen molar-refractivity contribution >= 4 is 23.2 Å². The van der Waals surface area contributed by atoms with E-state index >= 15 is 0 Å². The summed E-state index contributed by atoms with van der Waals surface area (Å²) in [5.74, 6) is -0.430. The van der Waals surface area contributed by atoms with Gasteiger partial charge in [-0.15, -0.1) is 0 Å². The van der Waals surface area contributed by atoms with Crippen molar-refractivity contribution in [3.63, 3.8) is 0 Å². The van der Waals surface area contributed by atoms with Crippen molar-refractivity contribution in [1.29, 1.82) is 0 Å². The third-order valence-electron chi connectivity index (χ3n) is 3.06. The van der Waals surface area contributed by atoms with Crippen molar-refractivity contribution < 1.29 is 14.8 Å². The molecule has 2 aromatic rings. The number of nitro benzene ring substituents is 1. The van der Waals surface area contributed by atoms with Gasteiger partial charge in [0.25, 0.3) is 11.6 Å². The lowest BCUT2D eigenvalue weighted by Gasteiger charge is -2.13. The Labute approximate surface area is 131 Å². The first-order valence-corrected chi connectivity index (χ1v) is 6.82. The van der Waals surface area contributed by atoms with Crippen molar-refractivity contribution in [2.24, 2.45) is 0 Å². The third-order valence-corrected chi connectivity index (χ3v) is 3.40. The second-order valence-corrected chi connectivity index (χ2v) is 4.96. The molecule has 1 amide bonds. The molecule has 0 spiro atoms. The molecule has 0 aliphatic carbocycles. The third kappa shape index (κ3) is 3.81. The van der Waals surface area contributed by atoms with Crippen molar-refractivity contribution in [3.8, 4) is 0 Å². The van der Waals surface area contributed by atoms with E-state index in [9.17, 15) is 20.0 Å². The lowest BCUT2D eigenvalue weighted by atomic mass is 10.1. The van der Waals surface area contributed by atoms with Gasteiger partial charge in [-0.1, -0.05) is 29.8 Å². The summed E-state index contributed by atoms with van der Waals surface area (Å²) in [6.07, 6.45) is -0.935. The first-order valence-electron chi connectivity index (χ1n) is 6.44. The van der Waals surface area contributed by atoms with E-state index < -0.39 is 16.9 Å². The van der Waals surface area contributed by atoms with Gasteiger partial charge in [-0.3, -0.25) is 14.9 Å². The predicted molar refractivity (Wildman–Crippen MR) is 81.8 cm³/mol. The zero-order valence-corrected chi connectivity index (χ0v) is 12.2. The minimum Gasteiger partial charge on any atom is -0.387 e. The molecule has 0 radical (unpaired) electrons. The van der Waals surface area contributed by atoms with Crippen molar-refractivity contribution in [1.82, 2.24) is 5.32 Å². The van der Waals surface area contributed by atoms with E-state index in [1.807, 2.05) is 0 Å². The first-order chi connectivity index (χ1) is 10.5. The van der Waals surface area contributed by atoms with Crippen molar-refractivity contribution in [2.45, 2.75) is 6.10 Å². The van der Waals surface area contributed by atoms with Gasteiger partial charge in [0.05, 0.1) is 11.0 Å². The number of carbonyl (C=O) groups is 1. The largest absolute Gasteiger partial charge is 0.387 e. The highest BCUT2D eigenvalue weighted by Crippen LogP contribution is 2.22. The fourth-order valence-corrected chi connectivity index (χ4v) is 2.14. The summed E-state index contributed by atoms with van der Waals surface area (Å²) < 4.78 is 0. The van der Waals surface area contributed by atoms with E-state index in [-0.39, 0.29) is 17.8 Å². The molecular weight excluding hydrogens is 308 g/mol. The summed E-state index contributed by atoms with van der Waals surface area (Å²) in [6.45, 7) is -0.0143. The topological polar surface area (TPSA) is 92.5 Å². The molecule has 0 bridgehead atoms. The highest BCUT2D eigenvalue weighted by atomic mass is 35.5. The molecule has 0 saturated heterocycles. The molecule has 6 nitrogen and oxygen atoms in total. The number of benzene rings is 2. The first kappa shape index (κ1) is 15.9. The van der Waals surface area contributed by atoms with Crippen LogP contribution in [0.25, 0.3) is 0 Å². The van der Waals surface area contributed by atoms with Crippen LogP contribution < -0.4 is 5.32 Å². The van der Waals surface area contributed by atoms with Crippen LogP contribution in [0.2, 0.25) is 5.02 Å². The van der Waals surface area contributed by atoms with Gasteiger partial charge >= 0.3 is 0 Å². The van der Waals surface area contributed by atoms with Gasteiger partial charge in [-0.25, -0.2) is 0 Å². The zero-order valence-electron chi connectivity index (χ0n) is 11.4. The fraction of sp³-hybridized carbons (Fsp3) is 0.133. The van der Waals surface area contributed by atoms with Crippen LogP contribution in [-0.2, 0) is 0 Å². The second kappa shape index (κ2) is 7.02. The Morgan fingerprint density at radius 3 is 2.45 bits per heavy atom. The smallest absolute Gasteiger partial charge is 0.269 e. The van der Waals surface area contributed by atoms with E-state index in [2.05, 4.69) is 5.32 Å². The van der Waals surface area contributed by atoms with Gasteiger partial charge in [-0.05, 0) is 18.2 Å². The van der Waals surface area contributed by atoms with Crippen LogP contribution in [0, 0.1) is 10.1 Å². The van der Waals surface area contributed by atoms with Crippen LogP contribution in [-0.4, -0.2) is 22.5 Å². The van der Waals surface area contributed by atoms with Crippen LogP contribution in [0.1, 0.15) is 22.0 Å². The average Bonchev–Trinajstić information content (AvgIpc) is 2.52. The maximum Gasteiger partial charge on any atom is 0.269 e. The minimum atomic E-state index is -0.935. The fourth-order valence-electron chi connectivity index (χ4n) is 1.88. The predicted octanol–water partition coefficient (Wildman–Crippen LogP) is 2.71. The Morgan fingerprint density at radius 2 is 1.86 bits per heavy atom. The van der Waals surface area contributed by atoms with Gasteiger partial charge in [0.2, 0.25) is 0 Å². The summed E-state index contributed by atoms with van der Waals surface area (Å²) in [6, 6.07) is 12.0. The number of aliphatic hydroxyl groups is 1. The van der Waals surface area contributed by atoms with Gasteiger partial charge in [0.15, 0.2) is 0 Å². The lowest BCUT2D eigenvalue weighted by molar-refractivity contribution is -0.384. The summed E-state index contributed by atoms with van der Waals surface area (Å²) in [7, 11) is 0. The van der Waals surface area contributed by atoms with E-state index in [0.717, 1.165) is 0 Å². The molecule has 22 heavy (non-hydrogen) atoms. The molecule has 2 N–H and O–H groups in total. The molecule has 0 aliphatic rings. The Hall–Kier alpha value is -2.44. The van der Waals surface area contributed by atoms with Crippen molar-refractivity contribution in [2.75, 3.05) is 6.54 Å². The maximum absolute atomic E-state index is 11.9. The van der Waals surface area contributed by atoms with Crippen LogP contribution in [0.4, 0.5) is 5.69 Å². The molecule has 0 aromatic heterocycles. The molecule has 0 heterocycles. The Bertz CT molecular complexity index is 688. The number of carbonyl (C=O) groups excluding carboxylic acids is 1. The monoisotopic (exact) mass is 320 g/mol. The van der Waals surface area contributed by atoms with E-state index in [1.54, 1.807) is 24.3 Å². The average molecular weight is 321 g/mol. The molecule has 0 fully saturated rings. The Balaban J connectivity index is 1.98. The lowest BCUT2D eigenvalue weighted by Crippen LogP contribution is -2.28. The number of amides is 1. The number of hydrogen-bond donors (Lipinski definition) is 2. The molecule has 114 valence electrons. The number of hydrogen-bond acceptors (Lipinski definition) is 4. The normalized spacial score (nSPS) is 11.7. The summed E-state index contributed by atoms with van der Waals surface area (Å²) in [4.78, 5) is 21.9. The van der Waals surface area contributed by atoms with Crippen LogP contribution >= 0.6 is 11.6 Å². The number of rotatable bonds is 5. The number of non-ortho nitro benzene ring substituents is 1. The standard InChI is InChI=1S/C15H13ClN2O4/c16-13-4-2-1-3-12(13)14(19)9-17-15(20)10-5-7-11(8-6-10)18(21)22/h1-8,14,19H,9H2,(H,17,20). The molecule has 2 rings (SSSR count). The minimum absolute atomic E-state index is 0.0143. The van der Waals surface area contributed by atoms with Gasteiger partial charge in [-0.2, -0.15) is 0 Å². The van der Waals surface area contributed by atoms with Gasteiger partial charge in [0, 0.05) is 34.8 Å². The second-order valence-electron chi connectivity index (χ2n) is 4.55. The van der Waals surface area contributed by atoms with E-state index in [4.69, 9.17) is 11.6 Å². The number of nitro groups is 1. The summed E-state index contributed by atoms with van der Waals surface area (Å²) in [5, 5.41) is 23.5. The number of aliphatic hydroxyl groups excluding tert-OH is 1. The highest BCUT2D eigenvalue weighted by Gasteiger charge is 2.14. The van der Waals surface area contributed by atoms with Gasteiger partial charge in [0.1, 0.15) is 0 Å². The number of halogens is 1. The zero-order chi connectivity index (χ0) is 16.1. The highest BCUT2D eigenvalue weighted by molar-refractivity contribution is 6.31. The molecule has 0 saturated carbocycles. The molecular formula is C15H13ClN2O4. The SMILES string of the molecule is O=C(NCC(O)c1ccccc1Cl)c1ccc([N+](=O)[O-])cc1. The van der Waals surface area contributed by atoms with E-state index in [1.165, 1.54) is 24.3 Å². The van der Waals surface area contributed by atoms with Crippen molar-refractivity contribution in [3.05, 3.63) is 74.8 Å². The number of nitrogens with one attached hydrogen (secondary N) is 1. The molecule has 1 atom stereocenters. The Kier molecular flexibility index (Phi) is 5.08. The molecule has 7 heteroatoms. The molecule has 2 aromatic carbocycles. The summed E-state index contributed by atoms with van der Waals surface area (Å²) in [5.41, 5.74) is 0.706. The number of nitrogens with zero attached hydrogens (tertiary/aromatic N) is 1.